The maximum absolute atomic E-state index is 9.83. The van der Waals surface area contributed by atoms with Gasteiger partial charge in [0, 0.05) is 5.75 Å². The van der Waals surface area contributed by atoms with Crippen LogP contribution in [0, 0.1) is 0 Å². The minimum Gasteiger partial charge on any atom is -0.262 e. The summed E-state index contributed by atoms with van der Waals surface area (Å²) in [6, 6.07) is 0. The van der Waals surface area contributed by atoms with Gasteiger partial charge in [-0.25, -0.2) is 0 Å². The molecule has 0 N–H and O–H groups in total. The molecule has 0 fully saturated rings. The quantitative estimate of drug-likeness (QED) is 0.442. The smallest absolute Gasteiger partial charge is 0.226 e. The fraction of sp³-hybridized carbons (Fsp3) is 1.00. The Labute approximate surface area is 56.2 Å². The molecule has 0 heterocycles. The maximum Gasteiger partial charge on any atom is 0.226 e. The van der Waals surface area contributed by atoms with E-state index in [-0.39, 0.29) is 7.66 Å². The fourth-order valence-corrected chi connectivity index (χ4v) is 1.47. The third-order valence-electron chi connectivity index (χ3n) is 0.892. The molecule has 0 aromatic heterocycles. The number of unbranched alkanes of at least 4 members (excludes halogenated alkanes) is 2. The van der Waals surface area contributed by atoms with Crippen LogP contribution >= 0.6 is 19.0 Å². The van der Waals surface area contributed by atoms with Gasteiger partial charge >= 0.3 is 0 Å². The Kier molecular flexibility index (Phi) is 7.87. The van der Waals surface area contributed by atoms with E-state index in [1.807, 2.05) is 0 Å². The van der Waals surface area contributed by atoms with E-state index in [4.69, 9.17) is 0 Å². The first-order valence-electron chi connectivity index (χ1n) is 2.86. The fourth-order valence-electron chi connectivity index (χ4n) is 0.454. The molecule has 48 valence electrons. The number of hydrogen-bond donors (Lipinski definition) is 0. The molecule has 0 aromatic rings. The van der Waals surface area contributed by atoms with Crippen molar-refractivity contribution in [1.29, 1.82) is 0 Å². The van der Waals surface area contributed by atoms with Gasteiger partial charge in [-0.15, -0.1) is 0 Å². The van der Waals surface area contributed by atoms with Gasteiger partial charge in [0.05, 0.1) is 0 Å². The largest absolute Gasteiger partial charge is 0.262 e. The summed E-state index contributed by atoms with van der Waals surface area (Å²) in [5, 5.41) is 0. The van der Waals surface area contributed by atoms with Gasteiger partial charge in [0.15, 0.2) is 0 Å². The molecule has 0 saturated carbocycles. The Balaban J connectivity index is 2.62. The highest BCUT2D eigenvalue weighted by molar-refractivity contribution is 8.45. The van der Waals surface area contributed by atoms with Crippen molar-refractivity contribution in [2.75, 3.05) is 5.75 Å². The second-order valence-electron chi connectivity index (χ2n) is 1.61. The molecule has 0 amide bonds. The van der Waals surface area contributed by atoms with E-state index in [2.05, 4.69) is 6.92 Å². The van der Waals surface area contributed by atoms with Gasteiger partial charge < -0.3 is 0 Å². The van der Waals surface area contributed by atoms with Crippen molar-refractivity contribution in [2.24, 2.45) is 0 Å². The first-order chi connectivity index (χ1) is 3.91. The van der Waals surface area contributed by atoms with Crippen LogP contribution in [0.4, 0.5) is 0 Å². The van der Waals surface area contributed by atoms with E-state index in [1.54, 1.807) is 0 Å². The van der Waals surface area contributed by atoms with Crippen LogP contribution in [0.3, 0.4) is 0 Å². The summed E-state index contributed by atoms with van der Waals surface area (Å²) in [6.45, 7) is 2.17. The molecule has 0 bridgehead atoms. The Morgan fingerprint density at radius 2 is 2.25 bits per heavy atom. The third-order valence-corrected chi connectivity index (χ3v) is 2.33. The molecule has 0 aliphatic carbocycles. The summed E-state index contributed by atoms with van der Waals surface area (Å²) in [6.07, 6.45) is 3.72. The zero-order chi connectivity index (χ0) is 6.24. The molecule has 3 heteroatoms. The lowest BCUT2D eigenvalue weighted by atomic mass is 10.3. The van der Waals surface area contributed by atoms with Gasteiger partial charge in [-0.2, -0.15) is 0 Å². The second kappa shape index (κ2) is 7.45. The first kappa shape index (κ1) is 8.45. The highest BCUT2D eigenvalue weighted by atomic mass is 32.7. The van der Waals surface area contributed by atoms with Crippen molar-refractivity contribution in [3.05, 3.63) is 0 Å². The molecule has 0 radical (unpaired) electrons. The normalized spacial score (nSPS) is 10.1. The van der Waals surface area contributed by atoms with Crippen LogP contribution in [0.25, 0.3) is 0 Å². The van der Waals surface area contributed by atoms with Crippen molar-refractivity contribution in [1.82, 2.24) is 0 Å². The second-order valence-corrected chi connectivity index (χ2v) is 3.65. The van der Waals surface area contributed by atoms with Crippen molar-refractivity contribution in [3.63, 3.8) is 0 Å². The number of hydrogen-bond acceptors (Lipinski definition) is 2. The molecule has 1 nitrogen and oxygen atoms in total. The predicted molar refractivity (Wildman–Crippen MR) is 39.6 cm³/mol. The summed E-state index contributed by atoms with van der Waals surface area (Å²) in [5.74, 6) is 1.04. The van der Waals surface area contributed by atoms with E-state index >= 15 is 0 Å². The molecular formula is C5H11OPS. The molecule has 0 aliphatic rings. The molecule has 0 saturated heterocycles. The Bertz CT molecular complexity index is 58.4. The Hall–Kier alpha value is 0.450. The summed E-state index contributed by atoms with van der Waals surface area (Å²) < 4.78 is 9.83. The Morgan fingerprint density at radius 1 is 1.50 bits per heavy atom. The van der Waals surface area contributed by atoms with Crippen LogP contribution in [-0.2, 0) is 4.57 Å². The minimum atomic E-state index is 0.227. The summed E-state index contributed by atoms with van der Waals surface area (Å²) >= 11 is 1.46. The SMILES string of the molecule is CCCCCSP=O. The van der Waals surface area contributed by atoms with Gasteiger partial charge in [-0.3, -0.25) is 4.57 Å². The van der Waals surface area contributed by atoms with E-state index in [9.17, 15) is 4.57 Å². The monoisotopic (exact) mass is 150 g/mol. The van der Waals surface area contributed by atoms with Crippen LogP contribution in [0.15, 0.2) is 0 Å². The van der Waals surface area contributed by atoms with Crippen LogP contribution < -0.4 is 0 Å². The first-order valence-corrected chi connectivity index (χ1v) is 5.26. The lowest BCUT2D eigenvalue weighted by molar-refractivity contribution is 0.605. The molecule has 0 spiro atoms. The van der Waals surface area contributed by atoms with E-state index in [0.29, 0.717) is 0 Å². The molecule has 8 heavy (non-hydrogen) atoms. The van der Waals surface area contributed by atoms with Gasteiger partial charge in [-0.1, -0.05) is 31.1 Å². The maximum atomic E-state index is 9.83. The molecule has 0 unspecified atom stereocenters. The highest BCUT2D eigenvalue weighted by Crippen LogP contribution is 2.18. The molecule has 0 aliphatic heterocycles. The van der Waals surface area contributed by atoms with Gasteiger partial charge in [0.1, 0.15) is 0 Å². The zero-order valence-corrected chi connectivity index (χ0v) is 6.80. The molecular weight excluding hydrogens is 139 g/mol. The van der Waals surface area contributed by atoms with Gasteiger partial charge in [0.25, 0.3) is 0 Å². The highest BCUT2D eigenvalue weighted by Gasteiger charge is 1.84. The van der Waals surface area contributed by atoms with E-state index in [1.165, 1.54) is 30.6 Å². The molecule has 0 atom stereocenters. The van der Waals surface area contributed by atoms with E-state index in [0.717, 1.165) is 5.75 Å². The van der Waals surface area contributed by atoms with Crippen LogP contribution in [0.5, 0.6) is 0 Å². The van der Waals surface area contributed by atoms with Crippen molar-refractivity contribution < 1.29 is 4.57 Å². The van der Waals surface area contributed by atoms with Crippen molar-refractivity contribution in [3.8, 4) is 0 Å². The average molecular weight is 150 g/mol. The molecule has 0 aromatic carbocycles. The number of rotatable bonds is 5. The van der Waals surface area contributed by atoms with Gasteiger partial charge in [-0.05, 0) is 6.42 Å². The lowest BCUT2D eigenvalue weighted by Gasteiger charge is -1.89. The zero-order valence-electron chi connectivity index (χ0n) is 5.09. The average Bonchev–Trinajstić information content (AvgIpc) is 1.81. The predicted octanol–water partition coefficient (Wildman–Crippen LogP) is 3.12. The topological polar surface area (TPSA) is 17.1 Å². The minimum absolute atomic E-state index is 0.227. The summed E-state index contributed by atoms with van der Waals surface area (Å²) in [5.41, 5.74) is 0. The summed E-state index contributed by atoms with van der Waals surface area (Å²) in [7, 11) is 0.227. The van der Waals surface area contributed by atoms with Gasteiger partial charge in [0.2, 0.25) is 7.66 Å². The molecule has 0 rings (SSSR count). The van der Waals surface area contributed by atoms with Crippen molar-refractivity contribution >= 4 is 19.0 Å². The van der Waals surface area contributed by atoms with E-state index < -0.39 is 0 Å². The third kappa shape index (κ3) is 6.45. The van der Waals surface area contributed by atoms with Crippen LogP contribution in [0.1, 0.15) is 26.2 Å². The lowest BCUT2D eigenvalue weighted by Crippen LogP contribution is -1.73. The van der Waals surface area contributed by atoms with Crippen LogP contribution in [0.2, 0.25) is 0 Å². The van der Waals surface area contributed by atoms with Crippen LogP contribution in [-0.4, -0.2) is 5.75 Å². The summed E-state index contributed by atoms with van der Waals surface area (Å²) in [4.78, 5) is 0. The Morgan fingerprint density at radius 3 is 2.75 bits per heavy atom. The van der Waals surface area contributed by atoms with Crippen molar-refractivity contribution in [2.45, 2.75) is 26.2 Å². The standard InChI is InChI=1S/C5H11OPS/c1-2-3-4-5-8-7-6/h2-5H2,1H3.